The summed E-state index contributed by atoms with van der Waals surface area (Å²) < 4.78 is 18.0. The van der Waals surface area contributed by atoms with E-state index in [0.29, 0.717) is 11.1 Å². The Hall–Kier alpha value is -1.86. The maximum absolute atomic E-state index is 12.5. The second-order valence-corrected chi connectivity index (χ2v) is 5.95. The van der Waals surface area contributed by atoms with E-state index in [1.165, 1.54) is 0 Å². The van der Waals surface area contributed by atoms with Gasteiger partial charge >= 0.3 is 7.37 Å². The molecule has 0 radical (unpaired) electrons. The number of rotatable bonds is 1. The van der Waals surface area contributed by atoms with E-state index < -0.39 is 7.37 Å². The largest absolute Gasteiger partial charge is 0.436 e. The molecule has 1 N–H and O–H groups in total. The second-order valence-electron chi connectivity index (χ2n) is 3.83. The third-order valence-corrected chi connectivity index (χ3v) is 4.69. The minimum Gasteiger partial charge on any atom is -0.436 e. The molecule has 84 valence electrons. The van der Waals surface area contributed by atoms with Gasteiger partial charge in [-0.25, -0.2) is 0 Å². The van der Waals surface area contributed by atoms with E-state index in [9.17, 15) is 4.57 Å². The number of para-hydroxylation sites is 1. The van der Waals surface area contributed by atoms with Gasteiger partial charge in [-0.3, -0.25) is 4.57 Å². The lowest BCUT2D eigenvalue weighted by Gasteiger charge is -2.25. The van der Waals surface area contributed by atoms with Crippen molar-refractivity contribution in [3.63, 3.8) is 0 Å². The van der Waals surface area contributed by atoms with Crippen LogP contribution in [0.25, 0.3) is 11.1 Å². The van der Waals surface area contributed by atoms with Crippen molar-refractivity contribution in [2.75, 3.05) is 0 Å². The van der Waals surface area contributed by atoms with Gasteiger partial charge in [0.2, 0.25) is 0 Å². The van der Waals surface area contributed by atoms with Crippen molar-refractivity contribution in [1.29, 1.82) is 5.41 Å². The SMILES string of the molecule is N=CP1(=O)Oc2ccccc2-c2ccccc21. The number of nitrogens with one attached hydrogen (secondary N) is 1. The molecule has 3 nitrogen and oxygen atoms in total. The van der Waals surface area contributed by atoms with E-state index >= 15 is 0 Å². The van der Waals surface area contributed by atoms with E-state index in [-0.39, 0.29) is 0 Å². The molecule has 1 atom stereocenters. The Morgan fingerprint density at radius 1 is 1.00 bits per heavy atom. The quantitative estimate of drug-likeness (QED) is 0.617. The van der Waals surface area contributed by atoms with E-state index in [1.54, 1.807) is 12.1 Å². The van der Waals surface area contributed by atoms with Crippen LogP contribution < -0.4 is 9.83 Å². The van der Waals surface area contributed by atoms with Gasteiger partial charge in [-0.05, 0) is 17.7 Å². The molecule has 0 spiro atoms. The van der Waals surface area contributed by atoms with E-state index in [4.69, 9.17) is 9.93 Å². The summed E-state index contributed by atoms with van der Waals surface area (Å²) in [5.74, 6) is 1.50. The fraction of sp³-hybridized carbons (Fsp3) is 0. The number of benzene rings is 2. The van der Waals surface area contributed by atoms with Gasteiger partial charge in [0.1, 0.15) is 5.75 Å². The molecule has 4 heteroatoms. The van der Waals surface area contributed by atoms with Crippen LogP contribution in [0.4, 0.5) is 0 Å². The van der Waals surface area contributed by atoms with E-state index in [0.717, 1.165) is 17.1 Å². The van der Waals surface area contributed by atoms with Gasteiger partial charge in [0.05, 0.1) is 11.3 Å². The van der Waals surface area contributed by atoms with Gasteiger partial charge < -0.3 is 9.93 Å². The predicted octanol–water partition coefficient (Wildman–Crippen LogP) is 3.26. The highest BCUT2D eigenvalue weighted by molar-refractivity contribution is 7.81. The van der Waals surface area contributed by atoms with Gasteiger partial charge in [-0.2, -0.15) is 0 Å². The molecule has 0 saturated heterocycles. The fourth-order valence-electron chi connectivity index (χ4n) is 2.03. The third kappa shape index (κ3) is 1.43. The highest BCUT2D eigenvalue weighted by Gasteiger charge is 2.33. The van der Waals surface area contributed by atoms with Gasteiger partial charge in [0.15, 0.2) is 0 Å². The molecule has 0 aliphatic carbocycles. The summed E-state index contributed by atoms with van der Waals surface area (Å²) in [7, 11) is -3.17. The summed E-state index contributed by atoms with van der Waals surface area (Å²) in [4.78, 5) is 0. The maximum atomic E-state index is 12.5. The van der Waals surface area contributed by atoms with Gasteiger partial charge in [0, 0.05) is 5.56 Å². The monoisotopic (exact) mass is 243 g/mol. The van der Waals surface area contributed by atoms with E-state index in [2.05, 4.69) is 0 Å². The van der Waals surface area contributed by atoms with Crippen LogP contribution in [0.1, 0.15) is 0 Å². The minimum atomic E-state index is -3.17. The van der Waals surface area contributed by atoms with Crippen molar-refractivity contribution in [3.8, 4) is 16.9 Å². The summed E-state index contributed by atoms with van der Waals surface area (Å²) in [6.07, 6.45) is 0. The molecule has 0 aromatic heterocycles. The summed E-state index contributed by atoms with van der Waals surface area (Å²) >= 11 is 0. The molecule has 0 fully saturated rings. The van der Waals surface area contributed by atoms with Gasteiger partial charge in [-0.15, -0.1) is 0 Å². The molecule has 1 unspecified atom stereocenters. The molecule has 1 heterocycles. The van der Waals surface area contributed by atoms with Crippen molar-refractivity contribution < 1.29 is 9.09 Å². The molecule has 2 aromatic carbocycles. The van der Waals surface area contributed by atoms with Gasteiger partial charge in [-0.1, -0.05) is 36.4 Å². The van der Waals surface area contributed by atoms with Crippen LogP contribution in [0.5, 0.6) is 5.75 Å². The zero-order valence-corrected chi connectivity index (χ0v) is 9.85. The number of hydrogen-bond donors (Lipinski definition) is 1. The van der Waals surface area contributed by atoms with Crippen LogP contribution in [-0.4, -0.2) is 5.96 Å². The number of hydrogen-bond acceptors (Lipinski definition) is 3. The Balaban J connectivity index is 2.38. The Labute approximate surface area is 99.0 Å². The summed E-state index contributed by atoms with van der Waals surface area (Å²) in [6.45, 7) is 0. The lowest BCUT2D eigenvalue weighted by Crippen LogP contribution is -2.17. The third-order valence-electron chi connectivity index (χ3n) is 2.82. The fourth-order valence-corrected chi connectivity index (χ4v) is 3.60. The smallest absolute Gasteiger partial charge is 0.317 e. The minimum absolute atomic E-state index is 0.582. The molecule has 3 rings (SSSR count). The van der Waals surface area contributed by atoms with Crippen LogP contribution in [0, 0.1) is 5.41 Å². The zero-order valence-electron chi connectivity index (χ0n) is 8.96. The Morgan fingerprint density at radius 3 is 2.41 bits per heavy atom. The van der Waals surface area contributed by atoms with Crippen molar-refractivity contribution in [1.82, 2.24) is 0 Å². The van der Waals surface area contributed by atoms with E-state index in [1.807, 2.05) is 36.4 Å². The Bertz CT molecular complexity index is 651. The van der Waals surface area contributed by atoms with Crippen molar-refractivity contribution >= 4 is 18.6 Å². The van der Waals surface area contributed by atoms with Crippen molar-refractivity contribution in [2.45, 2.75) is 0 Å². The predicted molar refractivity (Wildman–Crippen MR) is 68.5 cm³/mol. The summed E-state index contributed by atoms with van der Waals surface area (Å²) in [5, 5.41) is 7.96. The normalized spacial score (nSPS) is 20.9. The highest BCUT2D eigenvalue weighted by atomic mass is 31.2. The molecular formula is C13H10NO2P. The first kappa shape index (κ1) is 10.3. The van der Waals surface area contributed by atoms with Crippen molar-refractivity contribution in [3.05, 3.63) is 48.5 Å². The first-order valence-electron chi connectivity index (χ1n) is 5.24. The Kier molecular flexibility index (Phi) is 2.17. The van der Waals surface area contributed by atoms with Gasteiger partial charge in [0.25, 0.3) is 0 Å². The lowest BCUT2D eigenvalue weighted by atomic mass is 10.0. The molecule has 0 saturated carbocycles. The highest BCUT2D eigenvalue weighted by Crippen LogP contribution is 2.52. The Morgan fingerprint density at radius 2 is 1.65 bits per heavy atom. The first-order valence-corrected chi connectivity index (χ1v) is 6.94. The van der Waals surface area contributed by atoms with Crippen molar-refractivity contribution in [2.24, 2.45) is 0 Å². The maximum Gasteiger partial charge on any atom is 0.317 e. The summed E-state index contributed by atoms with van der Waals surface area (Å²) in [5.41, 5.74) is 1.82. The zero-order chi connectivity index (χ0) is 11.9. The molecule has 17 heavy (non-hydrogen) atoms. The topological polar surface area (TPSA) is 50.2 Å². The number of fused-ring (bicyclic) bond motifs is 3. The average Bonchev–Trinajstić information content (AvgIpc) is 2.39. The molecular weight excluding hydrogens is 233 g/mol. The molecule has 2 aromatic rings. The van der Waals surface area contributed by atoms with Crippen LogP contribution >= 0.6 is 7.37 Å². The van der Waals surface area contributed by atoms with Crippen LogP contribution in [-0.2, 0) is 4.57 Å². The molecule has 1 aliphatic heterocycles. The first-order chi connectivity index (χ1) is 8.24. The summed E-state index contributed by atoms with van der Waals surface area (Å²) in [6, 6.07) is 14.8. The van der Waals surface area contributed by atoms with Crippen LogP contribution in [0.15, 0.2) is 48.5 Å². The molecule has 0 bridgehead atoms. The molecule has 0 amide bonds. The standard InChI is InChI=1S/C13H10NO2P/c14-9-17(15)13-8-4-2-6-11(13)10-5-1-3-7-12(10)16-17/h1-9,14H. The molecule has 1 aliphatic rings. The second kappa shape index (κ2) is 3.57. The average molecular weight is 243 g/mol. The lowest BCUT2D eigenvalue weighted by molar-refractivity contribution is 0.505. The van der Waals surface area contributed by atoms with Crippen LogP contribution in [0.2, 0.25) is 0 Å². The van der Waals surface area contributed by atoms with Crippen LogP contribution in [0.3, 0.4) is 0 Å².